The van der Waals surface area contributed by atoms with E-state index < -0.39 is 0 Å². The van der Waals surface area contributed by atoms with Gasteiger partial charge in [-0.15, -0.1) is 5.10 Å². The first-order valence-corrected chi connectivity index (χ1v) is 6.32. The zero-order valence-electron chi connectivity index (χ0n) is 9.47. The third-order valence-electron chi connectivity index (χ3n) is 2.52. The highest BCUT2D eigenvalue weighted by Crippen LogP contribution is 2.19. The number of carbonyl (C=O) groups excluding carboxylic acids is 1. The summed E-state index contributed by atoms with van der Waals surface area (Å²) in [5.74, 6) is 2.44. The average Bonchev–Trinajstić information content (AvgIpc) is 2.70. The predicted molar refractivity (Wildman–Crippen MR) is 63.0 cm³/mol. The van der Waals surface area contributed by atoms with Crippen molar-refractivity contribution in [3.05, 3.63) is 11.8 Å². The molecule has 0 bridgehead atoms. The van der Waals surface area contributed by atoms with Gasteiger partial charge in [0, 0.05) is 37.8 Å². The number of ether oxygens (including phenoxy) is 1. The number of aromatic nitrogens is 2. The highest BCUT2D eigenvalue weighted by atomic mass is 32.2. The molecule has 0 atom stereocenters. The minimum atomic E-state index is 0.0188. The van der Waals surface area contributed by atoms with Crippen LogP contribution in [0.25, 0.3) is 0 Å². The minimum Gasteiger partial charge on any atom is -0.479 e. The van der Waals surface area contributed by atoms with E-state index in [0.717, 1.165) is 24.6 Å². The maximum absolute atomic E-state index is 12.2. The van der Waals surface area contributed by atoms with Crippen LogP contribution < -0.4 is 4.74 Å². The first-order chi connectivity index (χ1) is 7.72. The Labute approximate surface area is 98.7 Å². The molecule has 1 amide bonds. The standard InChI is InChI=1S/C10H15N3O2S/c1-12-7-8(9(11-12)15-2)10(14)13-3-5-16-6-4-13/h7H,3-6H2,1-2H3. The molecule has 0 aliphatic carbocycles. The van der Waals surface area contributed by atoms with Gasteiger partial charge in [-0.3, -0.25) is 9.48 Å². The summed E-state index contributed by atoms with van der Waals surface area (Å²) in [5.41, 5.74) is 0.553. The largest absolute Gasteiger partial charge is 0.479 e. The van der Waals surface area contributed by atoms with Gasteiger partial charge in [0.25, 0.3) is 5.91 Å². The molecule has 0 spiro atoms. The van der Waals surface area contributed by atoms with E-state index in [9.17, 15) is 4.79 Å². The van der Waals surface area contributed by atoms with Crippen LogP contribution in [0.3, 0.4) is 0 Å². The lowest BCUT2D eigenvalue weighted by atomic mass is 10.3. The molecule has 88 valence electrons. The van der Waals surface area contributed by atoms with Gasteiger partial charge in [0.15, 0.2) is 0 Å². The van der Waals surface area contributed by atoms with Crippen molar-refractivity contribution in [3.8, 4) is 5.88 Å². The third-order valence-corrected chi connectivity index (χ3v) is 3.46. The first kappa shape index (κ1) is 11.3. The third kappa shape index (κ3) is 2.16. The van der Waals surface area contributed by atoms with Crippen LogP contribution >= 0.6 is 11.8 Å². The summed E-state index contributed by atoms with van der Waals surface area (Å²) in [6, 6.07) is 0. The Bertz CT molecular complexity index is 385. The summed E-state index contributed by atoms with van der Waals surface area (Å²) in [6.45, 7) is 1.61. The molecule has 0 saturated carbocycles. The lowest BCUT2D eigenvalue weighted by Gasteiger charge is -2.26. The fourth-order valence-electron chi connectivity index (χ4n) is 1.70. The van der Waals surface area contributed by atoms with E-state index in [-0.39, 0.29) is 5.91 Å². The van der Waals surface area contributed by atoms with Gasteiger partial charge in [-0.1, -0.05) is 0 Å². The van der Waals surface area contributed by atoms with Gasteiger partial charge >= 0.3 is 0 Å². The molecular weight excluding hydrogens is 226 g/mol. The van der Waals surface area contributed by atoms with Crippen LogP contribution in [0.15, 0.2) is 6.20 Å². The molecule has 2 rings (SSSR count). The maximum Gasteiger partial charge on any atom is 0.261 e. The Kier molecular flexibility index (Phi) is 3.38. The van der Waals surface area contributed by atoms with Crippen LogP contribution in [-0.2, 0) is 7.05 Å². The van der Waals surface area contributed by atoms with Crippen LogP contribution in [0.5, 0.6) is 5.88 Å². The van der Waals surface area contributed by atoms with Crippen molar-refractivity contribution in [2.24, 2.45) is 7.05 Å². The molecule has 1 saturated heterocycles. The normalized spacial score (nSPS) is 16.2. The molecule has 0 unspecified atom stereocenters. The molecule has 0 aromatic carbocycles. The molecule has 16 heavy (non-hydrogen) atoms. The number of rotatable bonds is 2. The van der Waals surface area contributed by atoms with Crippen molar-refractivity contribution < 1.29 is 9.53 Å². The van der Waals surface area contributed by atoms with E-state index in [4.69, 9.17) is 4.74 Å². The van der Waals surface area contributed by atoms with Crippen molar-refractivity contribution in [2.45, 2.75) is 0 Å². The van der Waals surface area contributed by atoms with Crippen molar-refractivity contribution in [1.29, 1.82) is 0 Å². The Morgan fingerprint density at radius 1 is 1.50 bits per heavy atom. The molecule has 1 aliphatic heterocycles. The molecule has 6 heteroatoms. The highest BCUT2D eigenvalue weighted by molar-refractivity contribution is 7.99. The van der Waals surface area contributed by atoms with Gasteiger partial charge in [-0.25, -0.2) is 0 Å². The molecule has 1 aromatic rings. The van der Waals surface area contributed by atoms with Crippen molar-refractivity contribution in [3.63, 3.8) is 0 Å². The van der Waals surface area contributed by atoms with E-state index >= 15 is 0 Å². The number of hydrogen-bond acceptors (Lipinski definition) is 4. The van der Waals surface area contributed by atoms with Crippen LogP contribution in [0.1, 0.15) is 10.4 Å². The van der Waals surface area contributed by atoms with Gasteiger partial charge in [0.05, 0.1) is 7.11 Å². The van der Waals surface area contributed by atoms with E-state index in [0.29, 0.717) is 11.4 Å². The van der Waals surface area contributed by atoms with Gasteiger partial charge in [-0.05, 0) is 0 Å². The zero-order chi connectivity index (χ0) is 11.5. The Hall–Kier alpha value is -1.17. The van der Waals surface area contributed by atoms with Gasteiger partial charge in [0.1, 0.15) is 5.56 Å². The maximum atomic E-state index is 12.2. The predicted octanol–water partition coefficient (Wildman–Crippen LogP) is 0.618. The minimum absolute atomic E-state index is 0.0188. The van der Waals surface area contributed by atoms with Crippen LogP contribution in [0.2, 0.25) is 0 Å². The second-order valence-corrected chi connectivity index (χ2v) is 4.86. The number of aryl methyl sites for hydroxylation is 1. The van der Waals surface area contributed by atoms with E-state index in [1.807, 2.05) is 16.7 Å². The SMILES string of the molecule is COc1nn(C)cc1C(=O)N1CCSCC1. The van der Waals surface area contributed by atoms with E-state index in [1.54, 1.807) is 17.9 Å². The topological polar surface area (TPSA) is 47.4 Å². The summed E-state index contributed by atoms with van der Waals surface area (Å²) >= 11 is 1.88. The van der Waals surface area contributed by atoms with E-state index in [2.05, 4.69) is 5.10 Å². The fraction of sp³-hybridized carbons (Fsp3) is 0.600. The number of methoxy groups -OCH3 is 1. The van der Waals surface area contributed by atoms with Gasteiger partial charge in [-0.2, -0.15) is 11.8 Å². The molecule has 2 heterocycles. The van der Waals surface area contributed by atoms with Crippen molar-refractivity contribution in [2.75, 3.05) is 31.7 Å². The molecule has 1 fully saturated rings. The molecule has 5 nitrogen and oxygen atoms in total. The lowest BCUT2D eigenvalue weighted by molar-refractivity contribution is 0.0769. The highest BCUT2D eigenvalue weighted by Gasteiger charge is 2.23. The summed E-state index contributed by atoms with van der Waals surface area (Å²) in [6.07, 6.45) is 1.71. The van der Waals surface area contributed by atoms with Gasteiger partial charge in [0.2, 0.25) is 5.88 Å². The molecule has 0 N–H and O–H groups in total. The molecule has 0 radical (unpaired) electrons. The Morgan fingerprint density at radius 3 is 2.81 bits per heavy atom. The van der Waals surface area contributed by atoms with Crippen LogP contribution in [-0.4, -0.2) is 52.3 Å². The molecule has 1 aliphatic rings. The number of amides is 1. The monoisotopic (exact) mass is 241 g/mol. The second-order valence-electron chi connectivity index (χ2n) is 3.63. The Morgan fingerprint density at radius 2 is 2.19 bits per heavy atom. The summed E-state index contributed by atoms with van der Waals surface area (Å²) in [4.78, 5) is 14.0. The smallest absolute Gasteiger partial charge is 0.261 e. The number of nitrogens with zero attached hydrogens (tertiary/aromatic N) is 3. The van der Waals surface area contributed by atoms with Crippen LogP contribution in [0, 0.1) is 0 Å². The Balaban J connectivity index is 2.18. The zero-order valence-corrected chi connectivity index (χ0v) is 10.3. The van der Waals surface area contributed by atoms with Crippen LogP contribution in [0.4, 0.5) is 0 Å². The molecular formula is C10H15N3O2S. The lowest BCUT2D eigenvalue weighted by Crippen LogP contribution is -2.37. The second kappa shape index (κ2) is 4.78. The number of hydrogen-bond donors (Lipinski definition) is 0. The quantitative estimate of drug-likeness (QED) is 0.761. The molecule has 1 aromatic heterocycles. The summed E-state index contributed by atoms with van der Waals surface area (Å²) in [7, 11) is 3.32. The summed E-state index contributed by atoms with van der Waals surface area (Å²) < 4.78 is 6.70. The van der Waals surface area contributed by atoms with E-state index in [1.165, 1.54) is 7.11 Å². The summed E-state index contributed by atoms with van der Waals surface area (Å²) in [5, 5.41) is 4.09. The first-order valence-electron chi connectivity index (χ1n) is 5.17. The van der Waals surface area contributed by atoms with Crippen molar-refractivity contribution >= 4 is 17.7 Å². The number of thioether (sulfide) groups is 1. The fourth-order valence-corrected chi connectivity index (χ4v) is 2.61. The van der Waals surface area contributed by atoms with Gasteiger partial charge < -0.3 is 9.64 Å². The number of carbonyl (C=O) groups is 1. The van der Waals surface area contributed by atoms with Crippen molar-refractivity contribution in [1.82, 2.24) is 14.7 Å². The average molecular weight is 241 g/mol.